The van der Waals surface area contributed by atoms with Gasteiger partial charge in [-0.15, -0.1) is 0 Å². The van der Waals surface area contributed by atoms with Crippen molar-refractivity contribution in [2.24, 2.45) is 0 Å². The van der Waals surface area contributed by atoms with E-state index in [1.165, 1.54) is 5.56 Å². The molecule has 0 aromatic heterocycles. The Morgan fingerprint density at radius 2 is 2.00 bits per heavy atom. The zero-order valence-corrected chi connectivity index (χ0v) is 11.5. The fraction of sp³-hybridized carbons (Fsp3) is 0.600. The molecule has 2 rings (SSSR count). The van der Waals surface area contributed by atoms with Gasteiger partial charge in [0, 0.05) is 19.1 Å². The largest absolute Gasteiger partial charge is 0.387 e. The van der Waals surface area contributed by atoms with E-state index in [4.69, 9.17) is 4.74 Å². The molecular weight excluding hydrogens is 226 g/mol. The molecule has 0 bridgehead atoms. The monoisotopic (exact) mass is 249 g/mol. The molecular formula is C15H23NO2. The highest BCUT2D eigenvalue weighted by molar-refractivity contribution is 5.23. The van der Waals surface area contributed by atoms with E-state index >= 15 is 0 Å². The van der Waals surface area contributed by atoms with Crippen LogP contribution in [-0.2, 0) is 4.74 Å². The van der Waals surface area contributed by atoms with E-state index < -0.39 is 6.10 Å². The highest BCUT2D eigenvalue weighted by Gasteiger charge is 2.25. The van der Waals surface area contributed by atoms with Gasteiger partial charge in [0.1, 0.15) is 0 Å². The van der Waals surface area contributed by atoms with Gasteiger partial charge in [0.15, 0.2) is 0 Å². The number of ether oxygens (including phenoxy) is 1. The maximum Gasteiger partial charge on any atom is 0.0917 e. The third-order valence-electron chi connectivity index (χ3n) is 3.61. The topological polar surface area (TPSA) is 32.7 Å². The summed E-state index contributed by atoms with van der Waals surface area (Å²) in [6.45, 7) is 8.61. The Bertz CT molecular complexity index is 377. The second-order valence-electron chi connectivity index (χ2n) is 5.37. The fourth-order valence-electron chi connectivity index (χ4n) is 2.34. The maximum absolute atomic E-state index is 10.3. The van der Waals surface area contributed by atoms with Crippen molar-refractivity contribution in [2.45, 2.75) is 39.0 Å². The molecule has 1 saturated heterocycles. The number of nitrogens with zero attached hydrogens (tertiary/aromatic N) is 1. The lowest BCUT2D eigenvalue weighted by Gasteiger charge is -2.37. The summed E-state index contributed by atoms with van der Waals surface area (Å²) in [6, 6.07) is 8.48. The van der Waals surface area contributed by atoms with Crippen LogP contribution in [0.15, 0.2) is 24.3 Å². The van der Waals surface area contributed by atoms with Gasteiger partial charge in [0.2, 0.25) is 0 Å². The number of benzene rings is 1. The van der Waals surface area contributed by atoms with Gasteiger partial charge < -0.3 is 9.84 Å². The molecule has 1 aliphatic rings. The van der Waals surface area contributed by atoms with Crippen molar-refractivity contribution in [3.8, 4) is 0 Å². The molecule has 0 spiro atoms. The Balaban J connectivity index is 1.97. The average molecular weight is 249 g/mol. The van der Waals surface area contributed by atoms with E-state index in [1.807, 2.05) is 24.3 Å². The van der Waals surface area contributed by atoms with E-state index in [0.717, 1.165) is 18.7 Å². The first-order chi connectivity index (χ1) is 8.56. The Morgan fingerprint density at radius 1 is 1.33 bits per heavy atom. The lowest BCUT2D eigenvalue weighted by molar-refractivity contribution is -0.0619. The summed E-state index contributed by atoms with van der Waals surface area (Å²) < 4.78 is 5.60. The average Bonchev–Trinajstić information content (AvgIpc) is 2.34. The number of hydrogen-bond donors (Lipinski definition) is 1. The second-order valence-corrected chi connectivity index (χ2v) is 5.37. The van der Waals surface area contributed by atoms with Crippen molar-refractivity contribution in [2.75, 3.05) is 19.7 Å². The van der Waals surface area contributed by atoms with Crippen molar-refractivity contribution in [3.63, 3.8) is 0 Å². The maximum atomic E-state index is 10.3. The summed E-state index contributed by atoms with van der Waals surface area (Å²) in [5, 5.41) is 10.3. The van der Waals surface area contributed by atoms with Crippen molar-refractivity contribution < 1.29 is 9.84 Å². The molecule has 1 fully saturated rings. The molecule has 3 unspecified atom stereocenters. The minimum atomic E-state index is -0.418. The van der Waals surface area contributed by atoms with E-state index in [1.54, 1.807) is 0 Å². The van der Waals surface area contributed by atoms with Crippen LogP contribution in [-0.4, -0.2) is 41.8 Å². The molecule has 0 aliphatic carbocycles. The number of aliphatic hydroxyl groups is 1. The van der Waals surface area contributed by atoms with Crippen LogP contribution in [0.25, 0.3) is 0 Å². The van der Waals surface area contributed by atoms with E-state index in [9.17, 15) is 5.11 Å². The quantitative estimate of drug-likeness (QED) is 0.891. The molecule has 0 amide bonds. The molecule has 1 aromatic carbocycles. The van der Waals surface area contributed by atoms with Crippen LogP contribution in [0, 0.1) is 6.92 Å². The first-order valence-electron chi connectivity index (χ1n) is 6.66. The van der Waals surface area contributed by atoms with Crippen LogP contribution in [0.1, 0.15) is 31.1 Å². The number of rotatable bonds is 3. The Morgan fingerprint density at radius 3 is 2.67 bits per heavy atom. The zero-order valence-electron chi connectivity index (χ0n) is 11.5. The summed E-state index contributed by atoms with van der Waals surface area (Å²) in [5.41, 5.74) is 2.21. The van der Waals surface area contributed by atoms with E-state index in [-0.39, 0.29) is 6.10 Å². The normalized spacial score (nSPS) is 27.1. The van der Waals surface area contributed by atoms with Gasteiger partial charge in [-0.05, 0) is 26.3 Å². The van der Waals surface area contributed by atoms with Crippen LogP contribution in [0.4, 0.5) is 0 Å². The van der Waals surface area contributed by atoms with Crippen LogP contribution >= 0.6 is 0 Å². The lowest BCUT2D eigenvalue weighted by Crippen LogP contribution is -2.48. The summed E-state index contributed by atoms with van der Waals surface area (Å²) >= 11 is 0. The number of β-amino-alcohol motifs (C(OH)–C–C–N with tert-alkyl or cyclic N) is 1. The molecule has 3 atom stereocenters. The third kappa shape index (κ3) is 3.31. The molecule has 3 nitrogen and oxygen atoms in total. The smallest absolute Gasteiger partial charge is 0.0917 e. The Labute approximate surface area is 109 Å². The van der Waals surface area contributed by atoms with Crippen molar-refractivity contribution in [3.05, 3.63) is 35.4 Å². The third-order valence-corrected chi connectivity index (χ3v) is 3.61. The molecule has 0 radical (unpaired) electrons. The zero-order chi connectivity index (χ0) is 13.1. The molecule has 3 heteroatoms. The number of morpholine rings is 1. The fourth-order valence-corrected chi connectivity index (χ4v) is 2.34. The van der Waals surface area contributed by atoms with E-state index in [2.05, 4.69) is 25.7 Å². The van der Waals surface area contributed by atoms with Gasteiger partial charge in [-0.3, -0.25) is 4.90 Å². The summed E-state index contributed by atoms with van der Waals surface area (Å²) in [5.74, 6) is 0. The van der Waals surface area contributed by atoms with Crippen LogP contribution < -0.4 is 0 Å². The predicted molar refractivity (Wildman–Crippen MR) is 72.6 cm³/mol. The number of aliphatic hydroxyl groups excluding tert-OH is 1. The van der Waals surface area contributed by atoms with Gasteiger partial charge in [-0.2, -0.15) is 0 Å². The van der Waals surface area contributed by atoms with Gasteiger partial charge in [0.25, 0.3) is 0 Å². The van der Waals surface area contributed by atoms with Crippen LogP contribution in [0.2, 0.25) is 0 Å². The molecule has 1 aliphatic heterocycles. The van der Waals surface area contributed by atoms with Gasteiger partial charge in [0.05, 0.1) is 18.8 Å². The Hall–Kier alpha value is -0.900. The number of aryl methyl sites for hydroxylation is 1. The van der Waals surface area contributed by atoms with Crippen molar-refractivity contribution in [1.29, 1.82) is 0 Å². The minimum absolute atomic E-state index is 0.256. The summed E-state index contributed by atoms with van der Waals surface area (Å²) in [7, 11) is 0. The SMILES string of the molecule is Cc1ccc(C(O)CN2CC(C)OCC2C)cc1. The van der Waals surface area contributed by atoms with Crippen molar-refractivity contribution in [1.82, 2.24) is 4.90 Å². The van der Waals surface area contributed by atoms with Gasteiger partial charge in [-0.1, -0.05) is 29.8 Å². The van der Waals surface area contributed by atoms with Gasteiger partial charge in [-0.25, -0.2) is 0 Å². The highest BCUT2D eigenvalue weighted by Crippen LogP contribution is 2.19. The second kappa shape index (κ2) is 5.83. The summed E-state index contributed by atoms with van der Waals surface area (Å²) in [4.78, 5) is 2.30. The standard InChI is InChI=1S/C15H23NO2/c1-11-4-6-14(7-5-11)15(17)9-16-8-13(3)18-10-12(16)2/h4-7,12-13,15,17H,8-10H2,1-3H3. The Kier molecular flexibility index (Phi) is 4.38. The molecule has 1 N–H and O–H groups in total. The van der Waals surface area contributed by atoms with E-state index in [0.29, 0.717) is 12.6 Å². The first kappa shape index (κ1) is 13.5. The molecule has 1 aromatic rings. The number of hydrogen-bond acceptors (Lipinski definition) is 3. The summed E-state index contributed by atoms with van der Waals surface area (Å²) in [6.07, 6.45) is -0.162. The van der Waals surface area contributed by atoms with Crippen molar-refractivity contribution >= 4 is 0 Å². The lowest BCUT2D eigenvalue weighted by atomic mass is 10.1. The molecule has 18 heavy (non-hydrogen) atoms. The highest BCUT2D eigenvalue weighted by atomic mass is 16.5. The van der Waals surface area contributed by atoms with Crippen LogP contribution in [0.3, 0.4) is 0 Å². The molecule has 100 valence electrons. The minimum Gasteiger partial charge on any atom is -0.387 e. The van der Waals surface area contributed by atoms with Gasteiger partial charge >= 0.3 is 0 Å². The predicted octanol–water partition coefficient (Wildman–Crippen LogP) is 2.14. The molecule has 1 heterocycles. The van der Waals surface area contributed by atoms with Crippen LogP contribution in [0.5, 0.6) is 0 Å². The molecule has 0 saturated carbocycles. The first-order valence-corrected chi connectivity index (χ1v) is 6.66.